The Morgan fingerprint density at radius 1 is 1.43 bits per heavy atom. The quantitative estimate of drug-likeness (QED) is 0.703. The van der Waals surface area contributed by atoms with Crippen LogP contribution in [0.1, 0.15) is 25.7 Å². The van der Waals surface area contributed by atoms with Gasteiger partial charge in [0.25, 0.3) is 0 Å². The Morgan fingerprint density at radius 2 is 2.21 bits per heavy atom. The van der Waals surface area contributed by atoms with Crippen LogP contribution in [0.4, 0.5) is 0 Å². The molecule has 0 heterocycles. The summed E-state index contributed by atoms with van der Waals surface area (Å²) in [6, 6.07) is 0. The van der Waals surface area contributed by atoms with Crippen LogP contribution >= 0.6 is 12.2 Å². The summed E-state index contributed by atoms with van der Waals surface area (Å²) in [5.41, 5.74) is 0. The van der Waals surface area contributed by atoms with Crippen molar-refractivity contribution in [1.29, 1.82) is 0 Å². The number of rotatable bonds is 2. The summed E-state index contributed by atoms with van der Waals surface area (Å²) in [4.78, 5) is 2.20. The van der Waals surface area contributed by atoms with Gasteiger partial charge in [0, 0.05) is 20.6 Å². The highest BCUT2D eigenvalue weighted by Crippen LogP contribution is 2.48. The first kappa shape index (κ1) is 10.2. The van der Waals surface area contributed by atoms with E-state index in [1.54, 1.807) is 0 Å². The van der Waals surface area contributed by atoms with E-state index in [1.807, 2.05) is 7.05 Å². The van der Waals surface area contributed by atoms with Crippen molar-refractivity contribution < 1.29 is 0 Å². The van der Waals surface area contributed by atoms with Crippen molar-refractivity contribution in [3.05, 3.63) is 0 Å². The Morgan fingerprint density at radius 3 is 2.71 bits per heavy atom. The normalized spacial score (nSPS) is 34.6. The van der Waals surface area contributed by atoms with Crippen LogP contribution in [0.3, 0.4) is 0 Å². The molecule has 0 aromatic heterocycles. The third kappa shape index (κ3) is 1.88. The van der Waals surface area contributed by atoms with Gasteiger partial charge in [-0.05, 0) is 49.2 Å². The second kappa shape index (κ2) is 4.05. The minimum absolute atomic E-state index is 0.882. The van der Waals surface area contributed by atoms with E-state index in [0.717, 1.165) is 29.4 Å². The summed E-state index contributed by atoms with van der Waals surface area (Å²) in [7, 11) is 4.00. The third-order valence-corrected chi connectivity index (χ3v) is 4.47. The molecule has 80 valence electrons. The van der Waals surface area contributed by atoms with Crippen LogP contribution in [0, 0.1) is 17.8 Å². The van der Waals surface area contributed by atoms with Crippen LogP contribution in [0.2, 0.25) is 0 Å². The smallest absolute Gasteiger partial charge is 0.168 e. The Balaban J connectivity index is 1.83. The van der Waals surface area contributed by atoms with Crippen LogP contribution < -0.4 is 5.32 Å². The van der Waals surface area contributed by atoms with Gasteiger partial charge >= 0.3 is 0 Å². The van der Waals surface area contributed by atoms with E-state index >= 15 is 0 Å². The minimum atomic E-state index is 0.882. The summed E-state index contributed by atoms with van der Waals surface area (Å²) < 4.78 is 0. The fourth-order valence-electron chi connectivity index (χ4n) is 3.23. The highest BCUT2D eigenvalue weighted by Gasteiger charge is 2.39. The average molecular weight is 212 g/mol. The number of nitrogens with one attached hydrogen (secondary N) is 1. The van der Waals surface area contributed by atoms with Crippen LogP contribution in [-0.4, -0.2) is 30.7 Å². The molecule has 3 atom stereocenters. The molecule has 0 amide bonds. The molecule has 2 nitrogen and oxygen atoms in total. The number of fused-ring (bicyclic) bond motifs is 2. The molecule has 0 aliphatic heterocycles. The van der Waals surface area contributed by atoms with Crippen molar-refractivity contribution in [3.8, 4) is 0 Å². The van der Waals surface area contributed by atoms with Gasteiger partial charge in [-0.2, -0.15) is 0 Å². The van der Waals surface area contributed by atoms with Gasteiger partial charge in [-0.15, -0.1) is 0 Å². The number of nitrogens with zero attached hydrogens (tertiary/aromatic N) is 1. The lowest BCUT2D eigenvalue weighted by Crippen LogP contribution is -2.38. The van der Waals surface area contributed by atoms with E-state index in [0.29, 0.717) is 0 Å². The first-order valence-electron chi connectivity index (χ1n) is 5.63. The van der Waals surface area contributed by atoms with Crippen molar-refractivity contribution in [3.63, 3.8) is 0 Å². The molecular weight excluding hydrogens is 192 g/mol. The highest BCUT2D eigenvalue weighted by atomic mass is 32.1. The fraction of sp³-hybridized carbons (Fsp3) is 0.909. The van der Waals surface area contributed by atoms with E-state index in [2.05, 4.69) is 17.3 Å². The molecule has 0 aromatic carbocycles. The van der Waals surface area contributed by atoms with Gasteiger partial charge in [0.2, 0.25) is 0 Å². The largest absolute Gasteiger partial charge is 0.366 e. The monoisotopic (exact) mass is 212 g/mol. The zero-order valence-corrected chi connectivity index (χ0v) is 9.94. The first-order valence-corrected chi connectivity index (χ1v) is 6.04. The molecule has 14 heavy (non-hydrogen) atoms. The Labute approximate surface area is 92.0 Å². The molecule has 1 N–H and O–H groups in total. The SMILES string of the molecule is CNC(=S)N(C)CC1CC2CCC1C2. The second-order valence-corrected chi connectivity index (χ2v) is 5.26. The van der Waals surface area contributed by atoms with E-state index < -0.39 is 0 Å². The topological polar surface area (TPSA) is 15.3 Å². The molecular formula is C11H20N2S. The Kier molecular flexibility index (Phi) is 2.96. The maximum absolute atomic E-state index is 5.21. The van der Waals surface area contributed by atoms with E-state index in [9.17, 15) is 0 Å². The lowest BCUT2D eigenvalue weighted by atomic mass is 9.88. The van der Waals surface area contributed by atoms with Crippen molar-refractivity contribution in [2.45, 2.75) is 25.7 Å². The van der Waals surface area contributed by atoms with Crippen LogP contribution in [0.25, 0.3) is 0 Å². The first-order chi connectivity index (χ1) is 6.70. The summed E-state index contributed by atoms with van der Waals surface area (Å²) in [5.74, 6) is 2.95. The van der Waals surface area contributed by atoms with Crippen LogP contribution in [0.5, 0.6) is 0 Å². The fourth-order valence-corrected chi connectivity index (χ4v) is 3.30. The maximum Gasteiger partial charge on any atom is 0.168 e. The predicted octanol–water partition coefficient (Wildman–Crippen LogP) is 1.86. The number of hydrogen-bond acceptors (Lipinski definition) is 1. The molecule has 2 rings (SSSR count). The highest BCUT2D eigenvalue weighted by molar-refractivity contribution is 7.80. The van der Waals surface area contributed by atoms with Crippen molar-refractivity contribution in [2.24, 2.45) is 17.8 Å². The minimum Gasteiger partial charge on any atom is -0.366 e. The zero-order valence-electron chi connectivity index (χ0n) is 9.12. The van der Waals surface area contributed by atoms with Crippen molar-refractivity contribution >= 4 is 17.3 Å². The molecule has 2 saturated carbocycles. The molecule has 3 heteroatoms. The van der Waals surface area contributed by atoms with E-state index in [1.165, 1.54) is 25.7 Å². The van der Waals surface area contributed by atoms with Gasteiger partial charge < -0.3 is 10.2 Å². The Hall–Kier alpha value is -0.310. The van der Waals surface area contributed by atoms with Gasteiger partial charge in [-0.3, -0.25) is 0 Å². The molecule has 2 aliphatic rings. The van der Waals surface area contributed by atoms with Gasteiger partial charge in [0.1, 0.15) is 0 Å². The summed E-state index contributed by atoms with van der Waals surface area (Å²) in [6.07, 6.45) is 5.89. The van der Waals surface area contributed by atoms with Gasteiger partial charge in [-0.1, -0.05) is 6.42 Å². The standard InChI is InChI=1S/C11H20N2S/c1-12-11(14)13(2)7-10-6-8-3-4-9(10)5-8/h8-10H,3-7H2,1-2H3,(H,12,14). The van der Waals surface area contributed by atoms with E-state index in [-0.39, 0.29) is 0 Å². The molecule has 0 saturated heterocycles. The van der Waals surface area contributed by atoms with Gasteiger partial charge in [-0.25, -0.2) is 0 Å². The molecule has 2 fully saturated rings. The Bertz CT molecular complexity index is 229. The molecule has 0 spiro atoms. The van der Waals surface area contributed by atoms with Gasteiger partial charge in [0.05, 0.1) is 0 Å². The third-order valence-electron chi connectivity index (χ3n) is 3.95. The van der Waals surface area contributed by atoms with Crippen LogP contribution in [0.15, 0.2) is 0 Å². The number of hydrogen-bond donors (Lipinski definition) is 1. The lowest BCUT2D eigenvalue weighted by Gasteiger charge is -2.28. The number of thiocarbonyl (C=S) groups is 1. The van der Waals surface area contributed by atoms with E-state index in [4.69, 9.17) is 12.2 Å². The maximum atomic E-state index is 5.21. The van der Waals surface area contributed by atoms with Crippen molar-refractivity contribution in [1.82, 2.24) is 10.2 Å². The molecule has 0 radical (unpaired) electrons. The van der Waals surface area contributed by atoms with Crippen LogP contribution in [-0.2, 0) is 0 Å². The summed E-state index contributed by atoms with van der Waals surface area (Å²) >= 11 is 5.21. The zero-order chi connectivity index (χ0) is 10.1. The predicted molar refractivity (Wildman–Crippen MR) is 63.2 cm³/mol. The second-order valence-electron chi connectivity index (χ2n) is 4.87. The lowest BCUT2D eigenvalue weighted by molar-refractivity contribution is 0.275. The van der Waals surface area contributed by atoms with Gasteiger partial charge in [0.15, 0.2) is 5.11 Å². The molecule has 0 aromatic rings. The summed E-state index contributed by atoms with van der Waals surface area (Å²) in [6.45, 7) is 1.15. The molecule has 2 aliphatic carbocycles. The average Bonchev–Trinajstić information content (AvgIpc) is 2.77. The molecule has 2 bridgehead atoms. The molecule has 3 unspecified atom stereocenters. The van der Waals surface area contributed by atoms with Crippen molar-refractivity contribution in [2.75, 3.05) is 20.6 Å². The summed E-state index contributed by atoms with van der Waals surface area (Å²) in [5, 5.41) is 3.92.